The van der Waals surface area contributed by atoms with E-state index in [1.807, 2.05) is 42.5 Å². The average Bonchev–Trinajstić information content (AvgIpc) is 3.21. The molecule has 28 heavy (non-hydrogen) atoms. The van der Waals surface area contributed by atoms with Crippen LogP contribution in [0.1, 0.15) is 23.5 Å². The molecule has 0 aromatic heterocycles. The zero-order valence-corrected chi connectivity index (χ0v) is 16.1. The molecular formula is C23H21NO3S. The van der Waals surface area contributed by atoms with Gasteiger partial charge in [-0.1, -0.05) is 66.7 Å². The highest BCUT2D eigenvalue weighted by Crippen LogP contribution is 2.50. The SMILES string of the molecule is O=S(=O)(c1ccccc1)N1c2ccccc2C(c2ccccc2)C2CCOC21. The van der Waals surface area contributed by atoms with Gasteiger partial charge in [-0.15, -0.1) is 0 Å². The van der Waals surface area contributed by atoms with Gasteiger partial charge in [0.15, 0.2) is 0 Å². The van der Waals surface area contributed by atoms with Crippen LogP contribution < -0.4 is 4.31 Å². The molecule has 0 N–H and O–H groups in total. The zero-order chi connectivity index (χ0) is 19.1. The number of sulfonamides is 1. The summed E-state index contributed by atoms with van der Waals surface area (Å²) in [5.74, 6) is 0.197. The number of fused-ring (bicyclic) bond motifs is 2. The summed E-state index contributed by atoms with van der Waals surface area (Å²) in [6.45, 7) is 0.563. The summed E-state index contributed by atoms with van der Waals surface area (Å²) in [5.41, 5.74) is 2.95. The fourth-order valence-electron chi connectivity index (χ4n) is 4.54. The molecule has 1 fully saturated rings. The van der Waals surface area contributed by atoms with E-state index in [0.29, 0.717) is 12.3 Å². The Morgan fingerprint density at radius 2 is 1.46 bits per heavy atom. The highest BCUT2D eigenvalue weighted by atomic mass is 32.2. The van der Waals surface area contributed by atoms with Gasteiger partial charge < -0.3 is 4.74 Å². The number of hydrogen-bond acceptors (Lipinski definition) is 3. The smallest absolute Gasteiger partial charge is 0.266 e. The van der Waals surface area contributed by atoms with Gasteiger partial charge in [-0.3, -0.25) is 0 Å². The van der Waals surface area contributed by atoms with E-state index in [4.69, 9.17) is 4.74 Å². The second kappa shape index (κ2) is 6.76. The van der Waals surface area contributed by atoms with Crippen LogP contribution >= 0.6 is 0 Å². The maximum atomic E-state index is 13.6. The first-order valence-corrected chi connectivity index (χ1v) is 11.0. The second-order valence-electron chi connectivity index (χ2n) is 7.27. The van der Waals surface area contributed by atoms with E-state index in [-0.39, 0.29) is 16.7 Å². The molecule has 3 aromatic carbocycles. The summed E-state index contributed by atoms with van der Waals surface area (Å²) in [4.78, 5) is 0.289. The first-order valence-electron chi connectivity index (χ1n) is 9.53. The van der Waals surface area contributed by atoms with Crippen LogP contribution in [-0.2, 0) is 14.8 Å². The second-order valence-corrected chi connectivity index (χ2v) is 9.09. The lowest BCUT2D eigenvalue weighted by Gasteiger charge is -2.43. The summed E-state index contributed by atoms with van der Waals surface area (Å²) in [5, 5.41) is 0. The molecule has 0 amide bonds. The third-order valence-corrected chi connectivity index (χ3v) is 7.52. The number of ether oxygens (including phenoxy) is 1. The van der Waals surface area contributed by atoms with E-state index in [1.165, 1.54) is 9.87 Å². The highest BCUT2D eigenvalue weighted by molar-refractivity contribution is 7.92. The van der Waals surface area contributed by atoms with Crippen LogP contribution in [0.4, 0.5) is 5.69 Å². The standard InChI is InChI=1S/C23H21NO3S/c25-28(26,18-11-5-2-6-12-18)24-21-14-8-7-13-19(21)22(17-9-3-1-4-10-17)20-15-16-27-23(20)24/h1-14,20,22-23H,15-16H2. The van der Waals surface area contributed by atoms with Crippen molar-refractivity contribution in [1.29, 1.82) is 0 Å². The minimum atomic E-state index is -3.73. The molecule has 2 heterocycles. The minimum Gasteiger partial charge on any atom is -0.357 e. The van der Waals surface area contributed by atoms with Crippen LogP contribution in [-0.4, -0.2) is 21.3 Å². The van der Waals surface area contributed by atoms with E-state index < -0.39 is 16.3 Å². The van der Waals surface area contributed by atoms with Gasteiger partial charge in [-0.2, -0.15) is 0 Å². The Labute approximate surface area is 165 Å². The lowest BCUT2D eigenvalue weighted by molar-refractivity contribution is 0.0920. The average molecular weight is 391 g/mol. The molecule has 2 aliphatic rings. The van der Waals surface area contributed by atoms with Crippen LogP contribution in [0.5, 0.6) is 0 Å². The summed E-state index contributed by atoms with van der Waals surface area (Å²) in [6, 6.07) is 26.8. The Morgan fingerprint density at radius 3 is 2.21 bits per heavy atom. The molecule has 142 valence electrons. The molecule has 3 aromatic rings. The molecule has 3 atom stereocenters. The van der Waals surface area contributed by atoms with Crippen molar-refractivity contribution in [3.63, 3.8) is 0 Å². The lowest BCUT2D eigenvalue weighted by atomic mass is 9.76. The third kappa shape index (κ3) is 2.65. The number of hydrogen-bond donors (Lipinski definition) is 0. The molecule has 2 aliphatic heterocycles. The molecule has 0 bridgehead atoms. The van der Waals surface area contributed by atoms with Crippen LogP contribution in [0.2, 0.25) is 0 Å². The quantitative estimate of drug-likeness (QED) is 0.665. The van der Waals surface area contributed by atoms with Crippen LogP contribution in [0.25, 0.3) is 0 Å². The zero-order valence-electron chi connectivity index (χ0n) is 15.3. The number of nitrogens with zero attached hydrogens (tertiary/aromatic N) is 1. The van der Waals surface area contributed by atoms with Crippen molar-refractivity contribution in [3.8, 4) is 0 Å². The Hall–Kier alpha value is -2.63. The van der Waals surface area contributed by atoms with Gasteiger partial charge in [0.2, 0.25) is 0 Å². The molecule has 4 nitrogen and oxygen atoms in total. The van der Waals surface area contributed by atoms with E-state index >= 15 is 0 Å². The van der Waals surface area contributed by atoms with Crippen molar-refractivity contribution in [3.05, 3.63) is 96.1 Å². The van der Waals surface area contributed by atoms with Crippen molar-refractivity contribution < 1.29 is 13.2 Å². The molecule has 5 rings (SSSR count). The van der Waals surface area contributed by atoms with Crippen LogP contribution in [0.15, 0.2) is 89.8 Å². The fraction of sp³-hybridized carbons (Fsp3) is 0.217. The molecule has 3 unspecified atom stereocenters. The summed E-state index contributed by atoms with van der Waals surface area (Å²) in [6.07, 6.45) is 0.338. The van der Waals surface area contributed by atoms with Crippen LogP contribution in [0, 0.1) is 5.92 Å². The lowest BCUT2D eigenvalue weighted by Crippen LogP contribution is -2.48. The number of benzene rings is 3. The molecule has 0 saturated carbocycles. The van der Waals surface area contributed by atoms with E-state index in [1.54, 1.807) is 24.3 Å². The molecule has 5 heteroatoms. The van der Waals surface area contributed by atoms with Gasteiger partial charge in [0.25, 0.3) is 10.0 Å². The Balaban J connectivity index is 1.71. The molecule has 0 spiro atoms. The summed E-state index contributed by atoms with van der Waals surface area (Å²) in [7, 11) is -3.73. The summed E-state index contributed by atoms with van der Waals surface area (Å²) >= 11 is 0. The monoisotopic (exact) mass is 391 g/mol. The van der Waals surface area contributed by atoms with E-state index in [0.717, 1.165) is 12.0 Å². The topological polar surface area (TPSA) is 46.6 Å². The molecule has 0 radical (unpaired) electrons. The van der Waals surface area contributed by atoms with Crippen molar-refractivity contribution in [2.45, 2.75) is 23.5 Å². The van der Waals surface area contributed by atoms with Crippen molar-refractivity contribution in [1.82, 2.24) is 0 Å². The number of para-hydroxylation sites is 1. The van der Waals surface area contributed by atoms with Gasteiger partial charge in [0.05, 0.1) is 10.6 Å². The van der Waals surface area contributed by atoms with E-state index in [2.05, 4.69) is 18.2 Å². The maximum Gasteiger partial charge on any atom is 0.266 e. The Bertz CT molecular complexity index is 1080. The molecule has 1 saturated heterocycles. The van der Waals surface area contributed by atoms with Gasteiger partial charge in [-0.05, 0) is 35.7 Å². The van der Waals surface area contributed by atoms with E-state index in [9.17, 15) is 8.42 Å². The van der Waals surface area contributed by atoms with Crippen LogP contribution in [0.3, 0.4) is 0 Å². The van der Waals surface area contributed by atoms with Gasteiger partial charge in [0.1, 0.15) is 6.23 Å². The predicted octanol–water partition coefficient (Wildman–Crippen LogP) is 4.39. The van der Waals surface area contributed by atoms with Gasteiger partial charge in [-0.25, -0.2) is 12.7 Å². The van der Waals surface area contributed by atoms with Crippen molar-refractivity contribution in [2.75, 3.05) is 10.9 Å². The fourth-order valence-corrected chi connectivity index (χ4v) is 6.19. The predicted molar refractivity (Wildman–Crippen MR) is 109 cm³/mol. The number of rotatable bonds is 3. The normalized spacial score (nSPS) is 23.9. The molecular weight excluding hydrogens is 370 g/mol. The third-order valence-electron chi connectivity index (χ3n) is 5.73. The first kappa shape index (κ1) is 17.5. The largest absolute Gasteiger partial charge is 0.357 e. The Morgan fingerprint density at radius 1 is 0.821 bits per heavy atom. The van der Waals surface area contributed by atoms with Crippen molar-refractivity contribution >= 4 is 15.7 Å². The Kier molecular flexibility index (Phi) is 4.22. The first-order chi connectivity index (χ1) is 13.7. The van der Waals surface area contributed by atoms with Gasteiger partial charge >= 0.3 is 0 Å². The highest BCUT2D eigenvalue weighted by Gasteiger charge is 2.49. The van der Waals surface area contributed by atoms with Gasteiger partial charge in [0, 0.05) is 18.4 Å². The van der Waals surface area contributed by atoms with Crippen molar-refractivity contribution in [2.24, 2.45) is 5.92 Å². The number of anilines is 1. The molecule has 0 aliphatic carbocycles. The maximum absolute atomic E-state index is 13.6. The summed E-state index contributed by atoms with van der Waals surface area (Å²) < 4.78 is 34.7. The minimum absolute atomic E-state index is 0.0794.